The van der Waals surface area contributed by atoms with E-state index < -0.39 is 29.9 Å². The van der Waals surface area contributed by atoms with Gasteiger partial charge in [-0.05, 0) is 43.3 Å². The Morgan fingerprint density at radius 1 is 1.20 bits per heavy atom. The number of hydrogen-bond acceptors (Lipinski definition) is 7. The van der Waals surface area contributed by atoms with Crippen LogP contribution in [0.2, 0.25) is 0 Å². The number of nitrogens with one attached hydrogen (secondary N) is 2. The molecule has 0 aliphatic carbocycles. The van der Waals surface area contributed by atoms with Crippen LogP contribution in [-0.2, 0) is 0 Å². The summed E-state index contributed by atoms with van der Waals surface area (Å²) < 4.78 is 19.7. The summed E-state index contributed by atoms with van der Waals surface area (Å²) in [5.41, 5.74) is 0.955. The lowest BCUT2D eigenvalue weighted by Crippen LogP contribution is -2.50. The Morgan fingerprint density at radius 3 is 2.62 bits per heavy atom. The van der Waals surface area contributed by atoms with Gasteiger partial charge >= 0.3 is 6.03 Å². The van der Waals surface area contributed by atoms with E-state index in [1.807, 2.05) is 6.92 Å². The van der Waals surface area contributed by atoms with Gasteiger partial charge in [-0.3, -0.25) is 14.6 Å². The number of carbonyl (C=O) groups is 3. The van der Waals surface area contributed by atoms with E-state index in [1.54, 1.807) is 37.1 Å². The molecule has 11 nitrogen and oxygen atoms in total. The van der Waals surface area contributed by atoms with E-state index in [-0.39, 0.29) is 54.2 Å². The maximum atomic E-state index is 13.6. The van der Waals surface area contributed by atoms with Gasteiger partial charge in [0.2, 0.25) is 0 Å². The van der Waals surface area contributed by atoms with Crippen LogP contribution in [0.3, 0.4) is 0 Å². The molecular weight excluding hydrogens is 519 g/mol. The third kappa shape index (κ3) is 6.52. The van der Waals surface area contributed by atoms with E-state index in [2.05, 4.69) is 20.6 Å². The van der Waals surface area contributed by atoms with Crippen LogP contribution in [-0.4, -0.2) is 81.6 Å². The third-order valence-electron chi connectivity index (χ3n) is 6.63. The van der Waals surface area contributed by atoms with Crippen molar-refractivity contribution in [2.24, 2.45) is 5.92 Å². The van der Waals surface area contributed by atoms with Crippen molar-refractivity contribution in [3.05, 3.63) is 78.1 Å². The number of rotatable bonds is 7. The molecular formula is C28H31FN6O5. The molecule has 3 aromatic rings. The predicted octanol–water partition coefficient (Wildman–Crippen LogP) is 3.25. The molecule has 1 aliphatic heterocycles. The lowest BCUT2D eigenvalue weighted by molar-refractivity contribution is 0.0372. The van der Waals surface area contributed by atoms with Gasteiger partial charge in [0.25, 0.3) is 11.8 Å². The topological polar surface area (TPSA) is 137 Å². The van der Waals surface area contributed by atoms with Gasteiger partial charge in [-0.2, -0.15) is 0 Å². The van der Waals surface area contributed by atoms with E-state index in [0.717, 1.165) is 0 Å². The number of aliphatic hydroxyl groups is 1. The molecule has 0 unspecified atom stereocenters. The minimum Gasteiger partial charge on any atom is -0.485 e. The predicted molar refractivity (Wildman–Crippen MR) is 146 cm³/mol. The number of urea groups is 1. The number of benzene rings is 2. The maximum absolute atomic E-state index is 13.6. The van der Waals surface area contributed by atoms with Gasteiger partial charge in [0.05, 0.1) is 36.6 Å². The van der Waals surface area contributed by atoms with Crippen molar-refractivity contribution in [1.29, 1.82) is 0 Å². The van der Waals surface area contributed by atoms with Crippen LogP contribution in [0.25, 0.3) is 0 Å². The van der Waals surface area contributed by atoms with Gasteiger partial charge in [0.15, 0.2) is 5.75 Å². The summed E-state index contributed by atoms with van der Waals surface area (Å²) in [7, 11) is 1.59. The van der Waals surface area contributed by atoms with E-state index in [9.17, 15) is 23.9 Å². The molecule has 2 aromatic carbocycles. The zero-order valence-corrected chi connectivity index (χ0v) is 22.4. The average Bonchev–Trinajstić information content (AvgIpc) is 2.96. The number of carbonyl (C=O) groups excluding carboxylic acids is 3. The highest BCUT2D eigenvalue weighted by molar-refractivity contribution is 6.06. The van der Waals surface area contributed by atoms with E-state index in [0.29, 0.717) is 5.69 Å². The molecule has 2 heterocycles. The van der Waals surface area contributed by atoms with Crippen molar-refractivity contribution in [2.75, 3.05) is 37.4 Å². The highest BCUT2D eigenvalue weighted by Gasteiger charge is 2.35. The summed E-state index contributed by atoms with van der Waals surface area (Å²) in [4.78, 5) is 50.3. The maximum Gasteiger partial charge on any atom is 0.321 e. The summed E-state index contributed by atoms with van der Waals surface area (Å²) in [6.45, 7) is 3.75. The highest BCUT2D eigenvalue weighted by atomic mass is 19.1. The lowest BCUT2D eigenvalue weighted by atomic mass is 9.99. The van der Waals surface area contributed by atoms with E-state index >= 15 is 0 Å². The smallest absolute Gasteiger partial charge is 0.321 e. The summed E-state index contributed by atoms with van der Waals surface area (Å²) in [6, 6.07) is 9.30. The SMILES string of the molecule is C[C@H]1CN([C@@H](C)CO)C(=O)c2cccc(NC(=O)c3cnccn3)c2O[C@@H]1CN(C)C(=O)Nc1ccc(F)cc1. The Morgan fingerprint density at radius 2 is 1.95 bits per heavy atom. The number of aliphatic hydroxyl groups excluding tert-OH is 1. The van der Waals surface area contributed by atoms with Gasteiger partial charge in [-0.15, -0.1) is 0 Å². The van der Waals surface area contributed by atoms with Crippen molar-refractivity contribution in [2.45, 2.75) is 26.0 Å². The molecule has 0 fully saturated rings. The normalized spacial score (nSPS) is 17.5. The van der Waals surface area contributed by atoms with Crippen LogP contribution in [0.15, 0.2) is 61.1 Å². The first-order valence-corrected chi connectivity index (χ1v) is 12.7. The van der Waals surface area contributed by atoms with Crippen LogP contribution in [0.5, 0.6) is 5.75 Å². The van der Waals surface area contributed by atoms with Gasteiger partial charge in [0.1, 0.15) is 17.6 Å². The molecule has 1 aromatic heterocycles. The Bertz CT molecular complexity index is 1360. The molecule has 3 atom stereocenters. The summed E-state index contributed by atoms with van der Waals surface area (Å²) in [6.07, 6.45) is 3.54. The molecule has 210 valence electrons. The van der Waals surface area contributed by atoms with Crippen LogP contribution >= 0.6 is 0 Å². The Hall–Kier alpha value is -4.58. The second-order valence-corrected chi connectivity index (χ2v) is 9.67. The fraction of sp³-hybridized carbons (Fsp3) is 0.321. The van der Waals surface area contributed by atoms with E-state index in [4.69, 9.17) is 4.74 Å². The number of amides is 4. The second-order valence-electron chi connectivity index (χ2n) is 9.67. The summed E-state index contributed by atoms with van der Waals surface area (Å²) in [5, 5.41) is 15.3. The number of nitrogens with zero attached hydrogens (tertiary/aromatic N) is 4. The largest absolute Gasteiger partial charge is 0.485 e. The molecule has 12 heteroatoms. The number of aromatic nitrogens is 2. The fourth-order valence-corrected chi connectivity index (χ4v) is 4.27. The van der Waals surface area contributed by atoms with Crippen molar-refractivity contribution in [3.63, 3.8) is 0 Å². The number of hydrogen-bond donors (Lipinski definition) is 3. The zero-order valence-electron chi connectivity index (χ0n) is 22.4. The molecule has 0 saturated carbocycles. The number of halogens is 1. The van der Waals surface area contributed by atoms with Gasteiger partial charge in [0, 0.05) is 37.6 Å². The van der Waals surface area contributed by atoms with Crippen molar-refractivity contribution in [1.82, 2.24) is 19.8 Å². The number of para-hydroxylation sites is 1. The van der Waals surface area contributed by atoms with Crippen LogP contribution in [0.1, 0.15) is 34.7 Å². The molecule has 4 amide bonds. The fourth-order valence-electron chi connectivity index (χ4n) is 4.27. The van der Waals surface area contributed by atoms with Gasteiger partial charge < -0.3 is 30.3 Å². The molecule has 3 N–H and O–H groups in total. The Kier molecular flexibility index (Phi) is 8.90. The molecule has 4 rings (SSSR count). The monoisotopic (exact) mass is 550 g/mol. The molecule has 40 heavy (non-hydrogen) atoms. The first-order valence-electron chi connectivity index (χ1n) is 12.7. The van der Waals surface area contributed by atoms with Crippen LogP contribution in [0.4, 0.5) is 20.6 Å². The van der Waals surface area contributed by atoms with Crippen LogP contribution < -0.4 is 15.4 Å². The first kappa shape index (κ1) is 28.4. The molecule has 0 spiro atoms. The number of anilines is 2. The van der Waals surface area contributed by atoms with Gasteiger partial charge in [-0.25, -0.2) is 14.2 Å². The van der Waals surface area contributed by atoms with Crippen molar-refractivity contribution >= 4 is 29.2 Å². The van der Waals surface area contributed by atoms with Crippen molar-refractivity contribution < 1.29 is 28.6 Å². The first-order chi connectivity index (χ1) is 19.2. The third-order valence-corrected chi connectivity index (χ3v) is 6.63. The molecule has 1 aliphatic rings. The molecule has 0 saturated heterocycles. The van der Waals surface area contributed by atoms with Crippen LogP contribution in [0, 0.1) is 11.7 Å². The minimum absolute atomic E-state index is 0.0786. The quantitative estimate of drug-likeness (QED) is 0.411. The standard InChI is InChI=1S/C28H31FN6O5/c1-17-14-35(18(2)16-36)27(38)21-5-4-6-22(33-26(37)23-13-30-11-12-31-23)25(21)40-24(17)15-34(3)28(39)32-20-9-7-19(29)8-10-20/h4-13,17-18,24,36H,14-16H2,1-3H3,(H,32,39)(H,33,37)/t17-,18-,24+/m0/s1. The highest BCUT2D eigenvalue weighted by Crippen LogP contribution is 2.35. The number of likely N-dealkylation sites (N-methyl/N-ethyl adjacent to an activating group) is 1. The molecule has 0 radical (unpaired) electrons. The average molecular weight is 551 g/mol. The number of fused-ring (bicyclic) bond motifs is 1. The Labute approximate surface area is 231 Å². The Balaban J connectivity index is 1.64. The van der Waals surface area contributed by atoms with Crippen molar-refractivity contribution in [3.8, 4) is 5.75 Å². The zero-order chi connectivity index (χ0) is 28.8. The minimum atomic E-state index is -0.612. The van der Waals surface area contributed by atoms with E-state index in [1.165, 1.54) is 47.8 Å². The van der Waals surface area contributed by atoms with Gasteiger partial charge in [-0.1, -0.05) is 13.0 Å². The summed E-state index contributed by atoms with van der Waals surface area (Å²) >= 11 is 0. The molecule has 0 bridgehead atoms. The second kappa shape index (κ2) is 12.5. The summed E-state index contributed by atoms with van der Waals surface area (Å²) in [5.74, 6) is -1.46. The lowest BCUT2D eigenvalue weighted by Gasteiger charge is -2.38. The number of ether oxygens (including phenoxy) is 1.